The molecule has 2 aromatic rings. The zero-order valence-electron chi connectivity index (χ0n) is 12.8. The largest absolute Gasteiger partial charge is 0.471 e. The van der Waals surface area contributed by atoms with Gasteiger partial charge in [0.1, 0.15) is 0 Å². The number of Topliss-reactive ketones (excluding diaryl/α,β-unsaturated/α-hetero) is 1. The Morgan fingerprint density at radius 1 is 0.607 bits per heavy atom. The molecule has 0 heterocycles. The number of ketones is 1. The lowest BCUT2D eigenvalue weighted by Gasteiger charge is -2.22. The first-order chi connectivity index (χ1) is 12.8. The highest BCUT2D eigenvalue weighted by Gasteiger charge is 2.60. The molecule has 0 radical (unpaired) electrons. The summed E-state index contributed by atoms with van der Waals surface area (Å²) < 4.78 is 139. The third-order valence-electron chi connectivity index (χ3n) is 3.00. The molecule has 0 aliphatic carbocycles. The molecule has 0 spiro atoms. The van der Waals surface area contributed by atoms with Crippen molar-refractivity contribution in [3.8, 4) is 11.5 Å². The highest BCUT2D eigenvalue weighted by Crippen LogP contribution is 2.34. The Morgan fingerprint density at radius 3 is 1.25 bits per heavy atom. The third kappa shape index (κ3) is 3.97. The molecule has 0 unspecified atom stereocenters. The van der Waals surface area contributed by atoms with Gasteiger partial charge < -0.3 is 9.47 Å². The second kappa shape index (κ2) is 7.20. The molecule has 0 bridgehead atoms. The Bertz CT molecular complexity index is 855. The fourth-order valence-corrected chi connectivity index (χ4v) is 1.71. The molecule has 3 nitrogen and oxygen atoms in total. The summed E-state index contributed by atoms with van der Waals surface area (Å²) in [4.78, 5) is 11.3. The van der Waals surface area contributed by atoms with Crippen molar-refractivity contribution in [1.29, 1.82) is 0 Å². The Balaban J connectivity index is 2.29. The van der Waals surface area contributed by atoms with Crippen LogP contribution in [0.3, 0.4) is 0 Å². The molecule has 2 rings (SSSR count). The quantitative estimate of drug-likeness (QED) is 0.499. The maximum absolute atomic E-state index is 13.6. The minimum absolute atomic E-state index is 0.0724. The second-order valence-electron chi connectivity index (χ2n) is 4.91. The predicted molar refractivity (Wildman–Crippen MR) is 68.8 cm³/mol. The summed E-state index contributed by atoms with van der Waals surface area (Å²) in [6.07, 6.45) is -11.2. The number of halogens is 10. The monoisotopic (exact) mass is 422 g/mol. The molecular weight excluding hydrogens is 418 g/mol. The zero-order valence-corrected chi connectivity index (χ0v) is 12.8. The van der Waals surface area contributed by atoms with Crippen LogP contribution >= 0.6 is 0 Å². The summed E-state index contributed by atoms with van der Waals surface area (Å²) in [5, 5.41) is 0. The molecule has 0 aliphatic heterocycles. The molecule has 0 saturated heterocycles. The lowest BCUT2D eigenvalue weighted by molar-refractivity contribution is -0.243. The molecular formula is C15H4F10O3. The number of benzene rings is 2. The average molecular weight is 422 g/mol. The number of alkyl halides is 4. The number of ether oxygens (including phenoxy) is 2. The van der Waals surface area contributed by atoms with Crippen LogP contribution in [0.25, 0.3) is 0 Å². The van der Waals surface area contributed by atoms with Crippen molar-refractivity contribution in [3.63, 3.8) is 0 Å². The van der Waals surface area contributed by atoms with E-state index >= 15 is 0 Å². The summed E-state index contributed by atoms with van der Waals surface area (Å²) in [6.45, 7) is 0. The van der Waals surface area contributed by atoms with Gasteiger partial charge in [-0.3, -0.25) is 4.79 Å². The lowest BCUT2D eigenvalue weighted by atomic mass is 10.3. The molecule has 28 heavy (non-hydrogen) atoms. The highest BCUT2D eigenvalue weighted by atomic mass is 19.3. The maximum Gasteiger partial charge on any atom is 0.471 e. The van der Waals surface area contributed by atoms with E-state index in [0.29, 0.717) is 0 Å². The zero-order chi connectivity index (χ0) is 21.4. The van der Waals surface area contributed by atoms with Gasteiger partial charge in [-0.25, -0.2) is 17.6 Å². The van der Waals surface area contributed by atoms with E-state index in [1.165, 1.54) is 0 Å². The van der Waals surface area contributed by atoms with E-state index in [2.05, 4.69) is 9.47 Å². The van der Waals surface area contributed by atoms with Crippen LogP contribution in [0.1, 0.15) is 0 Å². The van der Waals surface area contributed by atoms with Crippen molar-refractivity contribution >= 4 is 5.78 Å². The summed E-state index contributed by atoms with van der Waals surface area (Å²) >= 11 is 0. The summed E-state index contributed by atoms with van der Waals surface area (Å²) in [6, 6.07) is 0.338. The molecule has 0 atom stereocenters. The van der Waals surface area contributed by atoms with Crippen molar-refractivity contribution in [2.75, 3.05) is 0 Å². The second-order valence-corrected chi connectivity index (χ2v) is 4.91. The van der Waals surface area contributed by atoms with E-state index in [0.717, 1.165) is 0 Å². The van der Waals surface area contributed by atoms with E-state index in [-0.39, 0.29) is 24.3 Å². The molecule has 0 aliphatic rings. The standard InChI is InChI=1S/C15H4F10O3/c16-5-1-3-7(11(20)9(5)18)27-14(22,23)13(26)15(24,25)28-8-4-2-6(17)10(19)12(8)21/h1-4H. The van der Waals surface area contributed by atoms with Gasteiger partial charge in [0.05, 0.1) is 0 Å². The van der Waals surface area contributed by atoms with Gasteiger partial charge in [0.2, 0.25) is 11.6 Å². The van der Waals surface area contributed by atoms with E-state index in [4.69, 9.17) is 0 Å². The van der Waals surface area contributed by atoms with Gasteiger partial charge in [0, 0.05) is 0 Å². The third-order valence-corrected chi connectivity index (χ3v) is 3.00. The smallest absolute Gasteiger partial charge is 0.423 e. The number of carbonyl (C=O) groups is 1. The van der Waals surface area contributed by atoms with Gasteiger partial charge in [0.15, 0.2) is 34.8 Å². The van der Waals surface area contributed by atoms with E-state index in [1.807, 2.05) is 0 Å². The SMILES string of the molecule is O=C(C(F)(F)Oc1ccc(F)c(F)c1F)C(F)(F)Oc1ccc(F)c(F)c1F. The molecule has 0 saturated carbocycles. The lowest BCUT2D eigenvalue weighted by Crippen LogP contribution is -2.49. The van der Waals surface area contributed by atoms with Crippen LogP contribution in [0.4, 0.5) is 43.9 Å². The first-order valence-electron chi connectivity index (χ1n) is 6.73. The van der Waals surface area contributed by atoms with Gasteiger partial charge in [-0.15, -0.1) is 0 Å². The highest BCUT2D eigenvalue weighted by molar-refractivity contribution is 5.90. The average Bonchev–Trinajstić information content (AvgIpc) is 2.62. The maximum atomic E-state index is 13.6. The topological polar surface area (TPSA) is 35.5 Å². The molecule has 2 aromatic carbocycles. The van der Waals surface area contributed by atoms with E-state index in [9.17, 15) is 48.7 Å². The van der Waals surface area contributed by atoms with Crippen LogP contribution in [0.5, 0.6) is 11.5 Å². The number of hydrogen-bond donors (Lipinski definition) is 0. The molecule has 0 aromatic heterocycles. The molecule has 0 fully saturated rings. The summed E-state index contributed by atoms with van der Waals surface area (Å²) in [5.74, 6) is -20.1. The minimum atomic E-state index is -5.59. The van der Waals surface area contributed by atoms with Crippen molar-refractivity contribution < 1.29 is 58.2 Å². The van der Waals surface area contributed by atoms with Gasteiger partial charge in [0.25, 0.3) is 0 Å². The predicted octanol–water partition coefficient (Wildman–Crippen LogP) is 4.73. The molecule has 0 N–H and O–H groups in total. The van der Waals surface area contributed by atoms with Gasteiger partial charge >= 0.3 is 18.0 Å². The minimum Gasteiger partial charge on any atom is -0.423 e. The fraction of sp³-hybridized carbons (Fsp3) is 0.133. The Morgan fingerprint density at radius 2 is 0.929 bits per heavy atom. The molecule has 13 heteroatoms. The van der Waals surface area contributed by atoms with Crippen LogP contribution < -0.4 is 9.47 Å². The van der Waals surface area contributed by atoms with E-state index in [1.54, 1.807) is 0 Å². The van der Waals surface area contributed by atoms with Crippen LogP contribution in [0.2, 0.25) is 0 Å². The Hall–Kier alpha value is -2.99. The van der Waals surface area contributed by atoms with E-state index < -0.39 is 64.4 Å². The normalized spacial score (nSPS) is 12.1. The molecule has 152 valence electrons. The van der Waals surface area contributed by atoms with Gasteiger partial charge in [-0.2, -0.15) is 26.3 Å². The van der Waals surface area contributed by atoms with Crippen molar-refractivity contribution in [2.45, 2.75) is 12.2 Å². The molecule has 0 amide bonds. The van der Waals surface area contributed by atoms with Crippen LogP contribution in [-0.2, 0) is 4.79 Å². The van der Waals surface area contributed by atoms with Crippen molar-refractivity contribution in [2.24, 2.45) is 0 Å². The number of carbonyl (C=O) groups excluding carboxylic acids is 1. The van der Waals surface area contributed by atoms with Gasteiger partial charge in [-0.05, 0) is 24.3 Å². The Kier molecular flexibility index (Phi) is 5.48. The van der Waals surface area contributed by atoms with Crippen LogP contribution in [0.15, 0.2) is 24.3 Å². The first kappa shape index (κ1) is 21.3. The van der Waals surface area contributed by atoms with Crippen LogP contribution in [0, 0.1) is 34.9 Å². The number of hydrogen-bond acceptors (Lipinski definition) is 3. The Labute approximate surface area is 148 Å². The first-order valence-corrected chi connectivity index (χ1v) is 6.73. The van der Waals surface area contributed by atoms with Crippen molar-refractivity contribution in [3.05, 3.63) is 59.2 Å². The van der Waals surface area contributed by atoms with Crippen LogP contribution in [-0.4, -0.2) is 18.0 Å². The fourth-order valence-electron chi connectivity index (χ4n) is 1.71. The summed E-state index contributed by atoms with van der Waals surface area (Å²) in [5.41, 5.74) is 0. The van der Waals surface area contributed by atoms with Gasteiger partial charge in [-0.1, -0.05) is 0 Å². The van der Waals surface area contributed by atoms with Crippen molar-refractivity contribution in [1.82, 2.24) is 0 Å². The summed E-state index contributed by atoms with van der Waals surface area (Å²) in [7, 11) is 0. The number of rotatable bonds is 6.